The predicted molar refractivity (Wildman–Crippen MR) is 111 cm³/mol. The number of hydrogen-bond donors (Lipinski definition) is 0. The lowest BCUT2D eigenvalue weighted by Crippen LogP contribution is -2.34. The van der Waals surface area contributed by atoms with E-state index in [-0.39, 0.29) is 5.76 Å². The fraction of sp³-hybridized carbons (Fsp3) is 0.667. The lowest BCUT2D eigenvalue weighted by atomic mass is 9.82. The van der Waals surface area contributed by atoms with E-state index >= 15 is 0 Å². The Kier molecular flexibility index (Phi) is 7.91. The zero-order valence-corrected chi connectivity index (χ0v) is 17.9. The van der Waals surface area contributed by atoms with Crippen LogP contribution in [0.3, 0.4) is 0 Å². The van der Waals surface area contributed by atoms with E-state index in [1.165, 1.54) is 0 Å². The Bertz CT molecular complexity index is 625. The van der Waals surface area contributed by atoms with Crippen LogP contribution in [0.15, 0.2) is 48.0 Å². The van der Waals surface area contributed by atoms with Crippen molar-refractivity contribution in [3.63, 3.8) is 0 Å². The van der Waals surface area contributed by atoms with Crippen molar-refractivity contribution in [3.8, 4) is 0 Å². The molecule has 4 heteroatoms. The molecule has 0 aromatic rings. The largest absolute Gasteiger partial charge is 0.494 e. The highest BCUT2D eigenvalue weighted by atomic mass is 19.3. The summed E-state index contributed by atoms with van der Waals surface area (Å²) in [6.07, 6.45) is 9.43. The number of ether oxygens (including phenoxy) is 2. The van der Waals surface area contributed by atoms with Crippen LogP contribution in [0.4, 0.5) is 8.78 Å². The van der Waals surface area contributed by atoms with Crippen LogP contribution in [0, 0.1) is 17.3 Å². The van der Waals surface area contributed by atoms with Gasteiger partial charge in [0.1, 0.15) is 11.5 Å². The zero-order chi connectivity index (χ0) is 20.8. The molecule has 0 amide bonds. The predicted octanol–water partition coefficient (Wildman–Crippen LogP) is 7.55. The molecule has 0 aliphatic heterocycles. The Morgan fingerprint density at radius 1 is 1.18 bits per heavy atom. The molecule has 0 heterocycles. The van der Waals surface area contributed by atoms with E-state index in [2.05, 4.69) is 13.5 Å². The van der Waals surface area contributed by atoms with Crippen LogP contribution < -0.4 is 0 Å². The van der Waals surface area contributed by atoms with Gasteiger partial charge in [-0.25, -0.2) is 0 Å². The summed E-state index contributed by atoms with van der Waals surface area (Å²) < 4.78 is 40.7. The number of halogens is 2. The normalized spacial score (nSPS) is 28.2. The molecule has 1 unspecified atom stereocenters. The third kappa shape index (κ3) is 6.79. The van der Waals surface area contributed by atoms with Gasteiger partial charge in [-0.2, -0.15) is 8.78 Å². The average Bonchev–Trinajstić information content (AvgIpc) is 2.73. The van der Waals surface area contributed by atoms with E-state index in [0.29, 0.717) is 31.1 Å². The van der Waals surface area contributed by atoms with E-state index in [0.717, 1.165) is 37.7 Å². The minimum Gasteiger partial charge on any atom is -0.494 e. The minimum atomic E-state index is -3.15. The highest BCUT2D eigenvalue weighted by Crippen LogP contribution is 2.42. The van der Waals surface area contributed by atoms with E-state index < -0.39 is 17.4 Å². The first-order valence-electron chi connectivity index (χ1n) is 10.6. The van der Waals surface area contributed by atoms with Crippen molar-refractivity contribution in [2.75, 3.05) is 6.61 Å². The van der Waals surface area contributed by atoms with Crippen LogP contribution in [-0.2, 0) is 9.47 Å². The van der Waals surface area contributed by atoms with Crippen LogP contribution in [0.25, 0.3) is 0 Å². The lowest BCUT2D eigenvalue weighted by molar-refractivity contribution is -0.254. The molecule has 0 N–H and O–H groups in total. The van der Waals surface area contributed by atoms with Crippen LogP contribution in [0.1, 0.15) is 72.6 Å². The van der Waals surface area contributed by atoms with Crippen molar-refractivity contribution in [2.45, 2.75) is 78.7 Å². The quantitative estimate of drug-likeness (QED) is 0.376. The molecule has 28 heavy (non-hydrogen) atoms. The SMILES string of the molecule is C=C(C)CCCC1(C)C=C(OCC)C=CC(OC(F)(F)C2CCC(C)CC2)=C1. The van der Waals surface area contributed by atoms with Gasteiger partial charge >= 0.3 is 6.11 Å². The van der Waals surface area contributed by atoms with Gasteiger partial charge in [-0.3, -0.25) is 0 Å². The van der Waals surface area contributed by atoms with Crippen molar-refractivity contribution in [2.24, 2.45) is 17.3 Å². The molecular formula is C24H36F2O2. The lowest BCUT2D eigenvalue weighted by Gasteiger charge is -2.32. The van der Waals surface area contributed by atoms with Gasteiger partial charge in [0.25, 0.3) is 0 Å². The molecule has 158 valence electrons. The third-order valence-electron chi connectivity index (χ3n) is 5.73. The van der Waals surface area contributed by atoms with Crippen LogP contribution in [0.5, 0.6) is 0 Å². The summed E-state index contributed by atoms with van der Waals surface area (Å²) in [7, 11) is 0. The molecule has 1 fully saturated rings. The maximum Gasteiger partial charge on any atom is 0.400 e. The Balaban J connectivity index is 2.16. The van der Waals surface area contributed by atoms with Gasteiger partial charge in [0.15, 0.2) is 0 Å². The van der Waals surface area contributed by atoms with Crippen molar-refractivity contribution >= 4 is 0 Å². The maximum absolute atomic E-state index is 14.9. The topological polar surface area (TPSA) is 18.5 Å². The number of allylic oxidation sites excluding steroid dienone is 5. The van der Waals surface area contributed by atoms with E-state index in [1.54, 1.807) is 12.2 Å². The van der Waals surface area contributed by atoms with E-state index in [9.17, 15) is 8.78 Å². The molecule has 1 atom stereocenters. The molecule has 0 bridgehead atoms. The van der Waals surface area contributed by atoms with Gasteiger partial charge in [0.2, 0.25) is 0 Å². The second kappa shape index (κ2) is 9.76. The first-order chi connectivity index (χ1) is 13.1. The Morgan fingerprint density at radius 2 is 1.79 bits per heavy atom. The average molecular weight is 395 g/mol. The number of rotatable bonds is 9. The molecule has 2 nitrogen and oxygen atoms in total. The summed E-state index contributed by atoms with van der Waals surface area (Å²) in [6, 6.07) is 0. The molecule has 0 aromatic carbocycles. The number of alkyl halides is 2. The van der Waals surface area contributed by atoms with E-state index in [1.807, 2.05) is 32.9 Å². The fourth-order valence-electron chi connectivity index (χ4n) is 4.02. The van der Waals surface area contributed by atoms with Crippen LogP contribution in [-0.4, -0.2) is 12.7 Å². The molecule has 2 aliphatic rings. The highest BCUT2D eigenvalue weighted by Gasteiger charge is 2.44. The fourth-order valence-corrected chi connectivity index (χ4v) is 4.02. The molecule has 1 saturated carbocycles. The first-order valence-corrected chi connectivity index (χ1v) is 10.6. The molecule has 0 saturated heterocycles. The summed E-state index contributed by atoms with van der Waals surface area (Å²) in [5.41, 5.74) is 0.721. The van der Waals surface area contributed by atoms with Gasteiger partial charge in [0, 0.05) is 5.41 Å². The van der Waals surface area contributed by atoms with Gasteiger partial charge < -0.3 is 9.47 Å². The summed E-state index contributed by atoms with van der Waals surface area (Å²) >= 11 is 0. The summed E-state index contributed by atoms with van der Waals surface area (Å²) in [5.74, 6) is 0.742. The van der Waals surface area contributed by atoms with Crippen molar-refractivity contribution < 1.29 is 18.3 Å². The monoisotopic (exact) mass is 394 g/mol. The second-order valence-corrected chi connectivity index (χ2v) is 8.80. The Hall–Kier alpha value is -1.58. The van der Waals surface area contributed by atoms with Crippen molar-refractivity contribution in [1.29, 1.82) is 0 Å². The van der Waals surface area contributed by atoms with Crippen LogP contribution in [0.2, 0.25) is 0 Å². The van der Waals surface area contributed by atoms with Crippen molar-refractivity contribution in [1.82, 2.24) is 0 Å². The van der Waals surface area contributed by atoms with E-state index in [4.69, 9.17) is 9.47 Å². The minimum absolute atomic E-state index is 0.229. The summed E-state index contributed by atoms with van der Waals surface area (Å²) in [4.78, 5) is 0. The molecule has 0 radical (unpaired) electrons. The molecule has 2 rings (SSSR count). The molecular weight excluding hydrogens is 358 g/mol. The Labute approximate surface area is 169 Å². The third-order valence-corrected chi connectivity index (χ3v) is 5.73. The summed E-state index contributed by atoms with van der Waals surface area (Å²) in [5, 5.41) is 0. The van der Waals surface area contributed by atoms with Gasteiger partial charge in [-0.05, 0) is 76.2 Å². The smallest absolute Gasteiger partial charge is 0.400 e. The van der Waals surface area contributed by atoms with Crippen LogP contribution >= 0.6 is 0 Å². The van der Waals surface area contributed by atoms with Crippen molar-refractivity contribution in [3.05, 3.63) is 48.0 Å². The molecule has 2 aliphatic carbocycles. The standard InChI is InChI=1S/C24H36F2O2/c1-6-27-21-13-14-22(17-23(5,16-21)15-7-8-18(2)3)28-24(25,26)20-11-9-19(4)10-12-20/h13-14,16-17,19-20H,2,6-12,15H2,1,3-5H3. The van der Waals surface area contributed by atoms with Gasteiger partial charge in [0.05, 0.1) is 12.5 Å². The number of hydrogen-bond acceptors (Lipinski definition) is 2. The highest BCUT2D eigenvalue weighted by molar-refractivity contribution is 5.31. The maximum atomic E-state index is 14.9. The summed E-state index contributed by atoms with van der Waals surface area (Å²) in [6.45, 7) is 12.6. The molecule has 0 spiro atoms. The van der Waals surface area contributed by atoms with Gasteiger partial charge in [-0.15, -0.1) is 6.58 Å². The second-order valence-electron chi connectivity index (χ2n) is 8.80. The Morgan fingerprint density at radius 3 is 2.39 bits per heavy atom. The van der Waals surface area contributed by atoms with Gasteiger partial charge in [-0.1, -0.05) is 32.3 Å². The first kappa shape index (κ1) is 22.7. The molecule has 0 aromatic heterocycles. The zero-order valence-electron chi connectivity index (χ0n) is 17.9.